The lowest BCUT2D eigenvalue weighted by Gasteiger charge is -2.13. The third-order valence-corrected chi connectivity index (χ3v) is 4.50. The Kier molecular flexibility index (Phi) is 7.35. The van der Waals surface area contributed by atoms with Gasteiger partial charge in [-0.2, -0.15) is 0 Å². The summed E-state index contributed by atoms with van der Waals surface area (Å²) in [7, 11) is 0. The van der Waals surface area contributed by atoms with E-state index in [1.165, 1.54) is 6.92 Å². The number of anilines is 1. The minimum atomic E-state index is -0.259. The Morgan fingerprint density at radius 1 is 1.10 bits per heavy atom. The molecule has 1 heterocycles. The summed E-state index contributed by atoms with van der Waals surface area (Å²) in [5.41, 5.74) is 2.27. The highest BCUT2D eigenvalue weighted by Gasteiger charge is 2.16. The first-order chi connectivity index (χ1) is 14.1. The molecule has 0 aromatic heterocycles. The summed E-state index contributed by atoms with van der Waals surface area (Å²) >= 11 is 0. The van der Waals surface area contributed by atoms with E-state index in [0.717, 1.165) is 30.7 Å². The van der Waals surface area contributed by atoms with Gasteiger partial charge in [-0.15, -0.1) is 0 Å². The normalized spacial score (nSPS) is 16.3. The van der Waals surface area contributed by atoms with Crippen LogP contribution in [0.4, 0.5) is 5.69 Å². The molecule has 1 aliphatic rings. The Morgan fingerprint density at radius 2 is 1.86 bits per heavy atom. The maximum Gasteiger partial charge on any atom is 0.257 e. The highest BCUT2D eigenvalue weighted by atomic mass is 16.5. The average molecular weight is 394 g/mol. The van der Waals surface area contributed by atoms with Gasteiger partial charge < -0.3 is 15.4 Å². The van der Waals surface area contributed by atoms with E-state index in [9.17, 15) is 9.59 Å². The zero-order chi connectivity index (χ0) is 20.5. The molecule has 2 aromatic carbocycles. The molecular formula is C22H26N4O3. The van der Waals surface area contributed by atoms with E-state index in [4.69, 9.17) is 4.74 Å². The summed E-state index contributed by atoms with van der Waals surface area (Å²) in [5, 5.41) is 8.75. The highest BCUT2D eigenvalue weighted by Crippen LogP contribution is 2.12. The number of carbonyl (C=O) groups is 2. The van der Waals surface area contributed by atoms with Crippen molar-refractivity contribution >= 4 is 23.5 Å². The number of hydrogen-bond acceptors (Lipinski definition) is 4. The number of carbonyl (C=O) groups excluding carboxylic acids is 2. The topological polar surface area (TPSA) is 91.8 Å². The highest BCUT2D eigenvalue weighted by molar-refractivity contribution is 6.09. The van der Waals surface area contributed by atoms with Crippen LogP contribution >= 0.6 is 0 Å². The van der Waals surface area contributed by atoms with Crippen LogP contribution in [0.3, 0.4) is 0 Å². The number of para-hydroxylation sites is 1. The van der Waals surface area contributed by atoms with E-state index in [1.54, 1.807) is 12.1 Å². The molecule has 0 aliphatic carbocycles. The molecule has 1 aliphatic heterocycles. The molecule has 3 N–H and O–H groups in total. The number of amides is 2. The van der Waals surface area contributed by atoms with Gasteiger partial charge in [0.05, 0.1) is 12.6 Å². The fourth-order valence-corrected chi connectivity index (χ4v) is 2.93. The Morgan fingerprint density at radius 3 is 2.52 bits per heavy atom. The Hall–Kier alpha value is -3.19. The summed E-state index contributed by atoms with van der Waals surface area (Å²) in [6.07, 6.45) is 2.11. The second kappa shape index (κ2) is 10.4. The van der Waals surface area contributed by atoms with Gasteiger partial charge in [0, 0.05) is 31.3 Å². The summed E-state index contributed by atoms with van der Waals surface area (Å²) < 4.78 is 5.62. The molecule has 2 aromatic rings. The number of benzene rings is 2. The number of guanidine groups is 1. The summed E-state index contributed by atoms with van der Waals surface area (Å²) in [4.78, 5) is 28.2. The lowest BCUT2D eigenvalue weighted by Crippen LogP contribution is -2.36. The van der Waals surface area contributed by atoms with Gasteiger partial charge in [0.2, 0.25) is 11.9 Å². The number of hydrogen-bond donors (Lipinski definition) is 3. The van der Waals surface area contributed by atoms with Crippen LogP contribution < -0.4 is 16.0 Å². The molecule has 7 heteroatoms. The molecule has 152 valence electrons. The first kappa shape index (κ1) is 20.5. The van der Waals surface area contributed by atoms with Gasteiger partial charge in [0.1, 0.15) is 0 Å². The van der Waals surface area contributed by atoms with Crippen LogP contribution in [-0.4, -0.2) is 37.0 Å². The van der Waals surface area contributed by atoms with Gasteiger partial charge in [-0.3, -0.25) is 14.9 Å². The van der Waals surface area contributed by atoms with Crippen molar-refractivity contribution in [1.82, 2.24) is 10.6 Å². The predicted octanol–water partition coefficient (Wildman–Crippen LogP) is 2.70. The van der Waals surface area contributed by atoms with Crippen molar-refractivity contribution in [1.29, 1.82) is 0 Å². The monoisotopic (exact) mass is 394 g/mol. The Labute approximate surface area is 170 Å². The number of nitrogens with zero attached hydrogens (tertiary/aromatic N) is 1. The molecule has 1 fully saturated rings. The van der Waals surface area contributed by atoms with E-state index in [-0.39, 0.29) is 17.9 Å². The van der Waals surface area contributed by atoms with Gasteiger partial charge in [0.25, 0.3) is 5.91 Å². The van der Waals surface area contributed by atoms with Gasteiger partial charge in [-0.1, -0.05) is 30.3 Å². The van der Waals surface area contributed by atoms with Crippen molar-refractivity contribution in [3.8, 4) is 0 Å². The lowest BCUT2D eigenvalue weighted by molar-refractivity contribution is -0.119. The molecule has 2 amide bonds. The van der Waals surface area contributed by atoms with Crippen molar-refractivity contribution in [3.63, 3.8) is 0 Å². The van der Waals surface area contributed by atoms with E-state index >= 15 is 0 Å². The molecule has 1 atom stereocenters. The van der Waals surface area contributed by atoms with Crippen LogP contribution in [0.25, 0.3) is 0 Å². The number of aliphatic imine (C=N–C) groups is 1. The van der Waals surface area contributed by atoms with Crippen LogP contribution in [0, 0.1) is 0 Å². The van der Waals surface area contributed by atoms with Crippen molar-refractivity contribution in [2.75, 3.05) is 18.5 Å². The smallest absolute Gasteiger partial charge is 0.257 e. The summed E-state index contributed by atoms with van der Waals surface area (Å²) in [5.74, 6) is 0.0375. The third-order valence-electron chi connectivity index (χ3n) is 4.50. The van der Waals surface area contributed by atoms with Crippen molar-refractivity contribution in [2.45, 2.75) is 32.4 Å². The van der Waals surface area contributed by atoms with Crippen molar-refractivity contribution < 1.29 is 14.3 Å². The van der Waals surface area contributed by atoms with Crippen LogP contribution in [0.2, 0.25) is 0 Å². The van der Waals surface area contributed by atoms with Crippen LogP contribution in [0.5, 0.6) is 0 Å². The second-order valence-corrected chi connectivity index (χ2v) is 6.88. The van der Waals surface area contributed by atoms with Gasteiger partial charge >= 0.3 is 0 Å². The molecule has 29 heavy (non-hydrogen) atoms. The standard InChI is InChI=1S/C22H26N4O3/c1-16(27)23-14-17-9-11-18(12-10-17)21(28)26-22(24-15-20-8-5-13-29-20)25-19-6-3-2-4-7-19/h2-4,6-7,9-12,20H,5,8,13-15H2,1H3,(H,23,27)(H2,24,25,26,28). The molecule has 0 bridgehead atoms. The summed E-state index contributed by atoms with van der Waals surface area (Å²) in [6.45, 7) is 3.16. The minimum absolute atomic E-state index is 0.0903. The fourth-order valence-electron chi connectivity index (χ4n) is 2.93. The first-order valence-electron chi connectivity index (χ1n) is 9.73. The SMILES string of the molecule is CC(=O)NCc1ccc(C(=O)NC(=NCC2CCCO2)Nc2ccccc2)cc1. The maximum absolute atomic E-state index is 12.7. The molecule has 1 saturated heterocycles. The zero-order valence-corrected chi connectivity index (χ0v) is 16.5. The molecule has 7 nitrogen and oxygen atoms in total. The van der Waals surface area contributed by atoms with Gasteiger partial charge in [-0.25, -0.2) is 4.99 Å². The molecular weight excluding hydrogens is 368 g/mol. The third kappa shape index (κ3) is 6.73. The van der Waals surface area contributed by atoms with Crippen LogP contribution in [0.1, 0.15) is 35.7 Å². The zero-order valence-electron chi connectivity index (χ0n) is 16.5. The first-order valence-corrected chi connectivity index (χ1v) is 9.73. The lowest BCUT2D eigenvalue weighted by atomic mass is 10.1. The number of ether oxygens (including phenoxy) is 1. The van der Waals surface area contributed by atoms with Crippen molar-refractivity contribution in [3.05, 3.63) is 65.7 Å². The van der Waals surface area contributed by atoms with E-state index in [1.807, 2.05) is 42.5 Å². The maximum atomic E-state index is 12.7. The Bertz CT molecular complexity index is 844. The Balaban J connectivity index is 1.66. The van der Waals surface area contributed by atoms with Gasteiger partial charge in [-0.05, 0) is 42.7 Å². The van der Waals surface area contributed by atoms with Crippen LogP contribution in [-0.2, 0) is 16.1 Å². The molecule has 0 radical (unpaired) electrons. The van der Waals surface area contributed by atoms with E-state index in [2.05, 4.69) is 20.9 Å². The predicted molar refractivity (Wildman–Crippen MR) is 113 cm³/mol. The minimum Gasteiger partial charge on any atom is -0.376 e. The van der Waals surface area contributed by atoms with Crippen molar-refractivity contribution in [2.24, 2.45) is 4.99 Å². The van der Waals surface area contributed by atoms with E-state index in [0.29, 0.717) is 24.6 Å². The largest absolute Gasteiger partial charge is 0.376 e. The molecule has 1 unspecified atom stereocenters. The molecule has 0 saturated carbocycles. The van der Waals surface area contributed by atoms with Crippen LogP contribution in [0.15, 0.2) is 59.6 Å². The molecule has 3 rings (SSSR count). The van der Waals surface area contributed by atoms with Gasteiger partial charge in [0.15, 0.2) is 0 Å². The summed E-state index contributed by atoms with van der Waals surface area (Å²) in [6, 6.07) is 16.7. The fraction of sp³-hybridized carbons (Fsp3) is 0.318. The average Bonchev–Trinajstić information content (AvgIpc) is 3.25. The number of nitrogens with one attached hydrogen (secondary N) is 3. The molecule has 0 spiro atoms. The number of rotatable bonds is 6. The quantitative estimate of drug-likeness (QED) is 0.519. The second-order valence-electron chi connectivity index (χ2n) is 6.88. The van der Waals surface area contributed by atoms with E-state index < -0.39 is 0 Å².